The third-order valence-corrected chi connectivity index (χ3v) is 4.98. The van der Waals surface area contributed by atoms with Crippen LogP contribution in [0, 0.1) is 20.8 Å². The first kappa shape index (κ1) is 17.7. The number of benzene rings is 2. The van der Waals surface area contributed by atoms with Crippen molar-refractivity contribution in [2.24, 2.45) is 0 Å². The Morgan fingerprint density at radius 1 is 1.08 bits per heavy atom. The van der Waals surface area contributed by atoms with Gasteiger partial charge in [0.15, 0.2) is 0 Å². The van der Waals surface area contributed by atoms with Crippen LogP contribution >= 0.6 is 0 Å². The van der Waals surface area contributed by atoms with Crippen LogP contribution in [0.4, 0.5) is 5.69 Å². The maximum absolute atomic E-state index is 12.6. The molecule has 2 aromatic rings. The summed E-state index contributed by atoms with van der Waals surface area (Å²) in [5.41, 5.74) is 3.02. The van der Waals surface area contributed by atoms with Crippen LogP contribution in [-0.4, -0.2) is 14.4 Å². The maximum atomic E-state index is 12.6. The van der Waals surface area contributed by atoms with E-state index in [2.05, 4.69) is 4.72 Å². The first-order valence-corrected chi connectivity index (χ1v) is 8.68. The van der Waals surface area contributed by atoms with Crippen molar-refractivity contribution in [3.8, 4) is 0 Å². The predicted molar refractivity (Wildman–Crippen MR) is 91.3 cm³/mol. The number of rotatable bonds is 5. The summed E-state index contributed by atoms with van der Waals surface area (Å²) in [4.78, 5) is 10.7. The quantitative estimate of drug-likeness (QED) is 0.781. The second-order valence-electron chi connectivity index (χ2n) is 5.54. The zero-order valence-corrected chi connectivity index (χ0v) is 14.4. The van der Waals surface area contributed by atoms with E-state index < -0.39 is 16.0 Å². The Morgan fingerprint density at radius 2 is 1.71 bits per heavy atom. The molecule has 0 heterocycles. The average Bonchev–Trinajstić information content (AvgIpc) is 2.43. The number of nitrogens with zero attached hydrogens (tertiary/aromatic N) is 1. The number of carbonyl (C=O) groups is 1. The van der Waals surface area contributed by atoms with Crippen molar-refractivity contribution < 1.29 is 18.3 Å². The molecule has 0 aliphatic carbocycles. The van der Waals surface area contributed by atoms with E-state index in [1.54, 1.807) is 44.2 Å². The lowest BCUT2D eigenvalue weighted by atomic mass is 10.1. The fourth-order valence-corrected chi connectivity index (χ4v) is 4.02. The van der Waals surface area contributed by atoms with Gasteiger partial charge in [-0.05, 0) is 43.5 Å². The normalized spacial score (nSPS) is 11.6. The second kappa shape index (κ2) is 6.88. The molecule has 0 aliphatic heterocycles. The number of hydrogen-bond acceptors (Lipinski definition) is 4. The molecule has 0 saturated carbocycles. The molecule has 0 unspecified atom stereocenters. The van der Waals surface area contributed by atoms with Crippen LogP contribution in [0.25, 0.3) is 10.8 Å². The van der Waals surface area contributed by atoms with Crippen LogP contribution in [-0.2, 0) is 14.8 Å². The number of carboxylic acids is 1. The standard InChI is InChI=1S/C18H18NO4S/c1-12-9-13(2)18(14(3)10-12)24(22,23)19-16-6-4-5-15(11-16)7-8-17(20)21/h4-11H,1-3H3,(H,20,21)/q-1/p-1. The van der Waals surface area contributed by atoms with E-state index >= 15 is 0 Å². The van der Waals surface area contributed by atoms with Crippen LogP contribution in [0.15, 0.2) is 47.4 Å². The molecule has 0 aromatic heterocycles. The predicted octanol–water partition coefficient (Wildman–Crippen LogP) is 2.77. The SMILES string of the molecule is Cc1cc(C)c(S(=O)(=O)[N-]c2cccc(C=CC(=O)[O-])c2)c(C)c1. The summed E-state index contributed by atoms with van der Waals surface area (Å²) in [5.74, 6) is -1.32. The zero-order valence-electron chi connectivity index (χ0n) is 13.6. The maximum Gasteiger partial charge on any atom is 0.123 e. The molecule has 2 rings (SSSR count). The molecule has 0 saturated heterocycles. The fraction of sp³-hybridized carbons (Fsp3) is 0.167. The molecule has 0 fully saturated rings. The molecule has 0 bridgehead atoms. The first-order valence-electron chi connectivity index (χ1n) is 7.24. The van der Waals surface area contributed by atoms with Crippen LogP contribution in [0.2, 0.25) is 0 Å². The van der Waals surface area contributed by atoms with Gasteiger partial charge in [-0.2, -0.15) is 0 Å². The lowest BCUT2D eigenvalue weighted by molar-refractivity contribution is -0.297. The number of carbonyl (C=O) groups excluding carboxylic acids is 1. The van der Waals surface area contributed by atoms with Crippen molar-refractivity contribution in [3.63, 3.8) is 0 Å². The summed E-state index contributed by atoms with van der Waals surface area (Å²) in [5, 5.41) is 10.5. The van der Waals surface area contributed by atoms with Crippen LogP contribution in [0.1, 0.15) is 22.3 Å². The Kier molecular flexibility index (Phi) is 5.09. The van der Waals surface area contributed by atoms with Crippen molar-refractivity contribution in [2.45, 2.75) is 25.7 Å². The molecular formula is C18H17NO4S-2. The molecule has 2 aromatic carbocycles. The van der Waals surface area contributed by atoms with Crippen LogP contribution in [0.5, 0.6) is 0 Å². The largest absolute Gasteiger partial charge is 0.573 e. The molecule has 0 N–H and O–H groups in total. The lowest BCUT2D eigenvalue weighted by Crippen LogP contribution is -2.18. The van der Waals surface area contributed by atoms with Crippen molar-refractivity contribution in [1.82, 2.24) is 0 Å². The Hall–Kier alpha value is -2.60. The van der Waals surface area contributed by atoms with Crippen molar-refractivity contribution in [3.05, 3.63) is 69.5 Å². The van der Waals surface area contributed by atoms with Gasteiger partial charge >= 0.3 is 0 Å². The Bertz CT molecular complexity index is 891. The summed E-state index contributed by atoms with van der Waals surface area (Å²) in [7, 11) is -3.87. The molecule has 5 nitrogen and oxygen atoms in total. The molecular weight excluding hydrogens is 326 g/mol. The third-order valence-electron chi connectivity index (χ3n) is 3.37. The summed E-state index contributed by atoms with van der Waals surface area (Å²) < 4.78 is 29.2. The number of aryl methyl sites for hydroxylation is 3. The van der Waals surface area contributed by atoms with Crippen molar-refractivity contribution >= 4 is 27.8 Å². The van der Waals surface area contributed by atoms with Crippen molar-refractivity contribution in [1.29, 1.82) is 0 Å². The highest BCUT2D eigenvalue weighted by molar-refractivity contribution is 7.94. The summed E-state index contributed by atoms with van der Waals surface area (Å²) in [6.45, 7) is 5.38. The molecule has 0 radical (unpaired) electrons. The minimum absolute atomic E-state index is 0.198. The molecule has 0 aliphatic rings. The van der Waals surface area contributed by atoms with E-state index in [1.165, 1.54) is 12.1 Å². The molecule has 24 heavy (non-hydrogen) atoms. The van der Waals surface area contributed by atoms with Gasteiger partial charge in [0.05, 0.1) is 10.9 Å². The van der Waals surface area contributed by atoms with E-state index in [1.807, 2.05) is 6.92 Å². The lowest BCUT2D eigenvalue weighted by Gasteiger charge is -2.25. The third kappa shape index (κ3) is 4.23. The average molecular weight is 343 g/mol. The Morgan fingerprint density at radius 3 is 2.29 bits per heavy atom. The summed E-state index contributed by atoms with van der Waals surface area (Å²) in [6.07, 6.45) is 2.20. The van der Waals surface area contributed by atoms with Gasteiger partial charge in [-0.1, -0.05) is 48.0 Å². The van der Waals surface area contributed by atoms with Crippen molar-refractivity contribution in [2.75, 3.05) is 0 Å². The Labute approximate surface area is 141 Å². The summed E-state index contributed by atoms with van der Waals surface area (Å²) >= 11 is 0. The Balaban J connectivity index is 2.37. The van der Waals surface area contributed by atoms with E-state index in [0.29, 0.717) is 16.7 Å². The minimum Gasteiger partial charge on any atom is -0.573 e. The smallest absolute Gasteiger partial charge is 0.123 e. The highest BCUT2D eigenvalue weighted by Gasteiger charge is 2.12. The first-order chi connectivity index (χ1) is 11.2. The van der Waals surface area contributed by atoms with Gasteiger partial charge in [-0.25, -0.2) is 8.42 Å². The molecule has 6 heteroatoms. The molecule has 0 amide bonds. The number of carboxylic acid groups (broad SMARTS) is 1. The van der Waals surface area contributed by atoms with Gasteiger partial charge in [0, 0.05) is 0 Å². The van der Waals surface area contributed by atoms with Gasteiger partial charge in [-0.15, -0.1) is 5.69 Å². The van der Waals surface area contributed by atoms with E-state index in [9.17, 15) is 18.3 Å². The van der Waals surface area contributed by atoms with E-state index in [4.69, 9.17) is 0 Å². The highest BCUT2D eigenvalue weighted by Crippen LogP contribution is 2.32. The van der Waals surface area contributed by atoms with Gasteiger partial charge in [0.2, 0.25) is 0 Å². The minimum atomic E-state index is -3.87. The van der Waals surface area contributed by atoms with Crippen LogP contribution < -0.4 is 5.11 Å². The van der Waals surface area contributed by atoms with E-state index in [0.717, 1.165) is 11.6 Å². The zero-order chi connectivity index (χ0) is 17.9. The molecule has 0 atom stereocenters. The number of aliphatic carboxylic acids is 1. The van der Waals surface area contributed by atoms with Gasteiger partial charge in [0.1, 0.15) is 10.0 Å². The number of hydrogen-bond donors (Lipinski definition) is 0. The van der Waals surface area contributed by atoms with Gasteiger partial charge in [0.25, 0.3) is 0 Å². The topological polar surface area (TPSA) is 88.4 Å². The second-order valence-corrected chi connectivity index (χ2v) is 7.08. The highest BCUT2D eigenvalue weighted by atomic mass is 32.2. The van der Waals surface area contributed by atoms with Gasteiger partial charge < -0.3 is 14.6 Å². The van der Waals surface area contributed by atoms with Gasteiger partial charge in [-0.3, -0.25) is 0 Å². The van der Waals surface area contributed by atoms with E-state index in [-0.39, 0.29) is 10.6 Å². The number of sulfonamides is 1. The fourth-order valence-electron chi connectivity index (χ4n) is 2.61. The summed E-state index contributed by atoms with van der Waals surface area (Å²) in [6, 6.07) is 9.90. The monoisotopic (exact) mass is 343 g/mol. The molecule has 126 valence electrons. The van der Waals surface area contributed by atoms with Crippen LogP contribution in [0.3, 0.4) is 0 Å². The molecule has 0 spiro atoms.